The molecule has 0 saturated carbocycles. The lowest BCUT2D eigenvalue weighted by atomic mass is 10.1. The smallest absolute Gasteiger partial charge is 0.0678 e. The first-order valence-corrected chi connectivity index (χ1v) is 7.48. The van der Waals surface area contributed by atoms with Crippen molar-refractivity contribution in [3.05, 3.63) is 47.3 Å². The number of nitrogens with zero attached hydrogens (tertiary/aromatic N) is 2. The molecule has 0 atom stereocenters. The summed E-state index contributed by atoms with van der Waals surface area (Å²) in [6.07, 6.45) is 3.22. The molecule has 1 N–H and O–H groups in total. The first-order valence-electron chi connectivity index (χ1n) is 7.48. The highest BCUT2D eigenvalue weighted by atomic mass is 15.3. The molecule has 20 heavy (non-hydrogen) atoms. The lowest BCUT2D eigenvalue weighted by Crippen LogP contribution is -2.14. The Hall–Kier alpha value is -1.61. The number of aryl methyl sites for hydroxylation is 1. The second-order valence-corrected chi connectivity index (χ2v) is 5.64. The van der Waals surface area contributed by atoms with Crippen LogP contribution >= 0.6 is 0 Å². The van der Waals surface area contributed by atoms with E-state index in [4.69, 9.17) is 0 Å². The number of aromatic nitrogens is 2. The summed E-state index contributed by atoms with van der Waals surface area (Å²) in [7, 11) is 0. The molecule has 0 radical (unpaired) electrons. The molecule has 0 fully saturated rings. The van der Waals surface area contributed by atoms with Crippen molar-refractivity contribution in [2.75, 3.05) is 6.54 Å². The molecular weight excluding hydrogens is 246 g/mol. The van der Waals surface area contributed by atoms with Gasteiger partial charge in [-0.05, 0) is 49.1 Å². The molecule has 0 spiro atoms. The fourth-order valence-corrected chi connectivity index (χ4v) is 2.20. The van der Waals surface area contributed by atoms with Gasteiger partial charge in [-0.25, -0.2) is 4.68 Å². The quantitative estimate of drug-likeness (QED) is 0.810. The van der Waals surface area contributed by atoms with E-state index in [1.165, 1.54) is 16.8 Å². The molecule has 108 valence electrons. The average molecular weight is 271 g/mol. The molecule has 3 nitrogen and oxygen atoms in total. The molecular formula is C17H25N3. The zero-order valence-corrected chi connectivity index (χ0v) is 13.0. The Bertz CT molecular complexity index is 555. The van der Waals surface area contributed by atoms with Crippen LogP contribution < -0.4 is 5.32 Å². The minimum Gasteiger partial charge on any atom is -0.313 e. The third kappa shape index (κ3) is 3.48. The summed E-state index contributed by atoms with van der Waals surface area (Å²) in [6.45, 7) is 10.6. The first-order chi connectivity index (χ1) is 9.61. The van der Waals surface area contributed by atoms with E-state index in [1.807, 2.05) is 4.68 Å². The molecule has 0 aliphatic rings. The van der Waals surface area contributed by atoms with Crippen molar-refractivity contribution in [3.8, 4) is 5.69 Å². The van der Waals surface area contributed by atoms with Crippen molar-refractivity contribution >= 4 is 0 Å². The Morgan fingerprint density at radius 3 is 2.70 bits per heavy atom. The lowest BCUT2D eigenvalue weighted by molar-refractivity contribution is 0.674. The fourth-order valence-electron chi connectivity index (χ4n) is 2.20. The zero-order valence-electron chi connectivity index (χ0n) is 13.0. The predicted octanol–water partition coefficient (Wildman–Crippen LogP) is 3.80. The molecule has 3 heteroatoms. The van der Waals surface area contributed by atoms with Crippen molar-refractivity contribution in [2.24, 2.45) is 0 Å². The third-order valence-electron chi connectivity index (χ3n) is 3.48. The summed E-state index contributed by atoms with van der Waals surface area (Å²) in [5, 5.41) is 8.12. The van der Waals surface area contributed by atoms with E-state index < -0.39 is 0 Å². The maximum Gasteiger partial charge on any atom is 0.0678 e. The lowest BCUT2D eigenvalue weighted by Gasteiger charge is -2.10. The van der Waals surface area contributed by atoms with Crippen molar-refractivity contribution in [1.82, 2.24) is 15.1 Å². The van der Waals surface area contributed by atoms with Gasteiger partial charge < -0.3 is 5.32 Å². The van der Waals surface area contributed by atoms with Gasteiger partial charge in [0.25, 0.3) is 0 Å². The SMILES string of the molecule is CCCNCc1ccc(C)c(-n2ccc(C(C)C)n2)c1. The Balaban J connectivity index is 2.22. The Kier molecular flexibility index (Phi) is 4.96. The van der Waals surface area contributed by atoms with Gasteiger partial charge >= 0.3 is 0 Å². The van der Waals surface area contributed by atoms with Crippen molar-refractivity contribution < 1.29 is 0 Å². The molecule has 2 rings (SSSR count). The van der Waals surface area contributed by atoms with Gasteiger partial charge in [0.1, 0.15) is 0 Å². The van der Waals surface area contributed by atoms with Gasteiger partial charge in [0.05, 0.1) is 11.4 Å². The van der Waals surface area contributed by atoms with Crippen LogP contribution in [0.25, 0.3) is 5.69 Å². The van der Waals surface area contributed by atoms with Crippen LogP contribution in [-0.4, -0.2) is 16.3 Å². The van der Waals surface area contributed by atoms with Gasteiger partial charge in [-0.15, -0.1) is 0 Å². The normalized spacial score (nSPS) is 11.2. The summed E-state index contributed by atoms with van der Waals surface area (Å²) in [5.41, 5.74) is 4.87. The van der Waals surface area contributed by atoms with E-state index in [1.54, 1.807) is 0 Å². The number of benzene rings is 1. The van der Waals surface area contributed by atoms with Crippen LogP contribution in [0, 0.1) is 6.92 Å². The Morgan fingerprint density at radius 2 is 2.05 bits per heavy atom. The first kappa shape index (κ1) is 14.8. The summed E-state index contributed by atoms with van der Waals surface area (Å²) < 4.78 is 1.99. The standard InChI is InChI=1S/C17H25N3/c1-5-9-18-12-15-7-6-14(4)17(11-15)20-10-8-16(19-20)13(2)3/h6-8,10-11,13,18H,5,9,12H2,1-4H3. The maximum absolute atomic E-state index is 4.67. The van der Waals surface area contributed by atoms with Crippen LogP contribution in [0.1, 0.15) is 49.9 Å². The Morgan fingerprint density at radius 1 is 1.25 bits per heavy atom. The maximum atomic E-state index is 4.67. The monoisotopic (exact) mass is 271 g/mol. The van der Waals surface area contributed by atoms with Gasteiger partial charge in [-0.2, -0.15) is 5.10 Å². The number of rotatable bonds is 6. The van der Waals surface area contributed by atoms with Gasteiger partial charge in [-0.1, -0.05) is 32.9 Å². The molecule has 0 saturated heterocycles. The second-order valence-electron chi connectivity index (χ2n) is 5.64. The zero-order chi connectivity index (χ0) is 14.5. The molecule has 2 aromatic rings. The molecule has 0 aliphatic heterocycles. The summed E-state index contributed by atoms with van der Waals surface area (Å²) in [4.78, 5) is 0. The van der Waals surface area contributed by atoms with E-state index in [-0.39, 0.29) is 0 Å². The molecule has 0 unspecified atom stereocenters. The molecule has 1 aromatic heterocycles. The summed E-state index contributed by atoms with van der Waals surface area (Å²) in [6, 6.07) is 8.70. The molecule has 0 aliphatic carbocycles. The number of nitrogens with one attached hydrogen (secondary N) is 1. The van der Waals surface area contributed by atoms with E-state index in [2.05, 4.69) is 68.6 Å². The molecule has 0 amide bonds. The highest BCUT2D eigenvalue weighted by molar-refractivity contribution is 5.43. The van der Waals surface area contributed by atoms with Crippen molar-refractivity contribution in [2.45, 2.75) is 46.6 Å². The summed E-state index contributed by atoms with van der Waals surface area (Å²) >= 11 is 0. The number of hydrogen-bond donors (Lipinski definition) is 1. The predicted molar refractivity (Wildman–Crippen MR) is 84.4 cm³/mol. The van der Waals surface area contributed by atoms with E-state index in [0.29, 0.717) is 5.92 Å². The van der Waals surface area contributed by atoms with Crippen LogP contribution in [0.5, 0.6) is 0 Å². The van der Waals surface area contributed by atoms with E-state index >= 15 is 0 Å². The van der Waals surface area contributed by atoms with Crippen LogP contribution in [-0.2, 0) is 6.54 Å². The van der Waals surface area contributed by atoms with Gasteiger partial charge in [0.2, 0.25) is 0 Å². The topological polar surface area (TPSA) is 29.9 Å². The largest absolute Gasteiger partial charge is 0.313 e. The average Bonchev–Trinajstić information content (AvgIpc) is 2.90. The van der Waals surface area contributed by atoms with E-state index in [0.717, 1.165) is 25.2 Å². The van der Waals surface area contributed by atoms with Crippen LogP contribution in [0.4, 0.5) is 0 Å². The Labute approximate surface area is 122 Å². The second kappa shape index (κ2) is 6.71. The van der Waals surface area contributed by atoms with Gasteiger partial charge in [-0.3, -0.25) is 0 Å². The number of hydrogen-bond acceptors (Lipinski definition) is 2. The minimum absolute atomic E-state index is 0.464. The fraction of sp³-hybridized carbons (Fsp3) is 0.471. The van der Waals surface area contributed by atoms with Crippen molar-refractivity contribution in [3.63, 3.8) is 0 Å². The molecule has 0 bridgehead atoms. The molecule has 1 heterocycles. The van der Waals surface area contributed by atoms with Crippen LogP contribution in [0.15, 0.2) is 30.5 Å². The summed E-state index contributed by atoms with van der Waals surface area (Å²) in [5.74, 6) is 0.464. The van der Waals surface area contributed by atoms with Gasteiger partial charge in [0.15, 0.2) is 0 Å². The van der Waals surface area contributed by atoms with Crippen LogP contribution in [0.2, 0.25) is 0 Å². The van der Waals surface area contributed by atoms with Gasteiger partial charge in [0, 0.05) is 12.7 Å². The van der Waals surface area contributed by atoms with Crippen LogP contribution in [0.3, 0.4) is 0 Å². The highest BCUT2D eigenvalue weighted by Crippen LogP contribution is 2.18. The van der Waals surface area contributed by atoms with E-state index in [9.17, 15) is 0 Å². The highest BCUT2D eigenvalue weighted by Gasteiger charge is 2.07. The van der Waals surface area contributed by atoms with Crippen molar-refractivity contribution in [1.29, 1.82) is 0 Å². The molecule has 1 aromatic carbocycles. The minimum atomic E-state index is 0.464. The third-order valence-corrected chi connectivity index (χ3v) is 3.48.